The molecule has 4 rings (SSSR count). The molecule has 2 N–H and O–H groups in total. The number of aliphatic carboxylic acids is 1. The van der Waals surface area contributed by atoms with E-state index in [0.717, 1.165) is 35.1 Å². The molecule has 178 valence electrons. The summed E-state index contributed by atoms with van der Waals surface area (Å²) >= 11 is 0. The van der Waals surface area contributed by atoms with Crippen molar-refractivity contribution in [3.05, 3.63) is 52.3 Å². The summed E-state index contributed by atoms with van der Waals surface area (Å²) in [6.45, 7) is 6.92. The smallest absolute Gasteiger partial charge is 0.329 e. The lowest BCUT2D eigenvalue weighted by molar-refractivity contribution is -0.145. The van der Waals surface area contributed by atoms with Crippen molar-refractivity contribution in [2.75, 3.05) is 18.5 Å². The van der Waals surface area contributed by atoms with Crippen molar-refractivity contribution in [2.45, 2.75) is 77.5 Å². The number of anilines is 1. The van der Waals surface area contributed by atoms with Crippen molar-refractivity contribution in [3.8, 4) is 11.1 Å². The van der Waals surface area contributed by atoms with E-state index >= 15 is 4.39 Å². The number of ether oxygens (including phenoxy) is 2. The molecule has 0 aromatic heterocycles. The second-order valence-corrected chi connectivity index (χ2v) is 9.52. The standard InChI is InChI=1S/C27H34FNO4/c1-17-14-24(25(28)19(3)18(17)2)23-9-8-21(15-20(23)16-33-22-6-4-5-7-22)29-27(26(30)31)10-12-32-13-11-27/h8-9,14-15,22,29H,4-7,10-13,16H2,1-3H3,(H,30,31). The highest BCUT2D eigenvalue weighted by molar-refractivity contribution is 5.83. The number of hydrogen-bond donors (Lipinski definition) is 2. The molecule has 1 saturated heterocycles. The van der Waals surface area contributed by atoms with E-state index in [2.05, 4.69) is 5.32 Å². The minimum absolute atomic E-state index is 0.215. The van der Waals surface area contributed by atoms with Gasteiger partial charge in [0.15, 0.2) is 0 Å². The summed E-state index contributed by atoms with van der Waals surface area (Å²) in [6, 6.07) is 7.56. The molecule has 2 aromatic rings. The molecule has 33 heavy (non-hydrogen) atoms. The minimum atomic E-state index is -1.06. The van der Waals surface area contributed by atoms with Crippen molar-refractivity contribution in [3.63, 3.8) is 0 Å². The van der Waals surface area contributed by atoms with E-state index in [9.17, 15) is 9.90 Å². The average Bonchev–Trinajstić information content (AvgIpc) is 3.33. The van der Waals surface area contributed by atoms with Crippen LogP contribution in [-0.2, 0) is 20.9 Å². The summed E-state index contributed by atoms with van der Waals surface area (Å²) in [5.74, 6) is -1.10. The van der Waals surface area contributed by atoms with Crippen LogP contribution < -0.4 is 5.32 Å². The molecule has 2 aromatic carbocycles. The Morgan fingerprint density at radius 3 is 2.48 bits per heavy atom. The summed E-state index contributed by atoms with van der Waals surface area (Å²) in [7, 11) is 0. The molecular weight excluding hydrogens is 421 g/mol. The number of halogens is 1. The maximum atomic E-state index is 15.3. The number of nitrogens with one attached hydrogen (secondary N) is 1. The zero-order valence-electron chi connectivity index (χ0n) is 19.8. The van der Waals surface area contributed by atoms with E-state index in [1.54, 1.807) is 0 Å². The Kier molecular flexibility index (Phi) is 7.05. The van der Waals surface area contributed by atoms with Gasteiger partial charge < -0.3 is 19.9 Å². The number of carbonyl (C=O) groups is 1. The second-order valence-electron chi connectivity index (χ2n) is 9.52. The number of benzene rings is 2. The Balaban J connectivity index is 1.71. The van der Waals surface area contributed by atoms with Crippen LogP contribution in [0, 0.1) is 26.6 Å². The molecule has 2 aliphatic rings. The number of hydrogen-bond acceptors (Lipinski definition) is 4. The third kappa shape index (κ3) is 4.92. The summed E-state index contributed by atoms with van der Waals surface area (Å²) in [6.07, 6.45) is 5.45. The summed E-state index contributed by atoms with van der Waals surface area (Å²) in [4.78, 5) is 12.1. The predicted molar refractivity (Wildman–Crippen MR) is 127 cm³/mol. The van der Waals surface area contributed by atoms with Crippen LogP contribution in [0.2, 0.25) is 0 Å². The van der Waals surface area contributed by atoms with Crippen LogP contribution in [0.25, 0.3) is 11.1 Å². The fourth-order valence-corrected chi connectivity index (χ4v) is 4.95. The highest BCUT2D eigenvalue weighted by Crippen LogP contribution is 2.35. The highest BCUT2D eigenvalue weighted by atomic mass is 19.1. The van der Waals surface area contributed by atoms with Gasteiger partial charge in [0.2, 0.25) is 0 Å². The number of aryl methyl sites for hydroxylation is 1. The predicted octanol–water partition coefficient (Wildman–Crippen LogP) is 5.92. The van der Waals surface area contributed by atoms with Gasteiger partial charge in [-0.3, -0.25) is 0 Å². The Morgan fingerprint density at radius 2 is 1.82 bits per heavy atom. The average molecular weight is 456 g/mol. The maximum absolute atomic E-state index is 15.3. The van der Waals surface area contributed by atoms with Gasteiger partial charge in [0, 0.05) is 37.3 Å². The first kappa shape index (κ1) is 23.7. The zero-order chi connectivity index (χ0) is 23.6. The van der Waals surface area contributed by atoms with Crippen molar-refractivity contribution >= 4 is 11.7 Å². The van der Waals surface area contributed by atoms with E-state index in [4.69, 9.17) is 9.47 Å². The quantitative estimate of drug-likeness (QED) is 0.542. The molecule has 1 aliphatic carbocycles. The first-order chi connectivity index (χ1) is 15.8. The van der Waals surface area contributed by atoms with Crippen molar-refractivity contribution in [2.24, 2.45) is 0 Å². The van der Waals surface area contributed by atoms with Gasteiger partial charge in [0.25, 0.3) is 0 Å². The van der Waals surface area contributed by atoms with Gasteiger partial charge in [-0.2, -0.15) is 0 Å². The van der Waals surface area contributed by atoms with E-state index in [1.807, 2.05) is 45.0 Å². The monoisotopic (exact) mass is 455 g/mol. The Labute approximate surface area is 195 Å². The fraction of sp³-hybridized carbons (Fsp3) is 0.519. The molecule has 1 aliphatic heterocycles. The van der Waals surface area contributed by atoms with Gasteiger partial charge in [-0.15, -0.1) is 0 Å². The van der Waals surface area contributed by atoms with E-state index in [0.29, 0.717) is 49.5 Å². The van der Waals surface area contributed by atoms with Crippen LogP contribution in [0.15, 0.2) is 24.3 Å². The van der Waals surface area contributed by atoms with Gasteiger partial charge >= 0.3 is 5.97 Å². The molecule has 0 bridgehead atoms. The second kappa shape index (κ2) is 9.82. The van der Waals surface area contributed by atoms with Gasteiger partial charge in [-0.05, 0) is 79.6 Å². The summed E-state index contributed by atoms with van der Waals surface area (Å²) in [5.41, 5.74) is 4.51. The van der Waals surface area contributed by atoms with E-state index in [1.165, 1.54) is 12.8 Å². The van der Waals surface area contributed by atoms with Crippen LogP contribution >= 0.6 is 0 Å². The molecule has 0 unspecified atom stereocenters. The number of rotatable bonds is 7. The SMILES string of the molecule is Cc1cc(-c2ccc(NC3(C(=O)O)CCOCC3)cc2COC2CCCC2)c(F)c(C)c1C. The molecule has 0 amide bonds. The Bertz CT molecular complexity index is 1020. The lowest BCUT2D eigenvalue weighted by Gasteiger charge is -2.35. The normalized spacial score (nSPS) is 18.4. The molecule has 5 nitrogen and oxygen atoms in total. The summed E-state index contributed by atoms with van der Waals surface area (Å²) < 4.78 is 26.9. The molecule has 6 heteroatoms. The lowest BCUT2D eigenvalue weighted by atomic mass is 9.89. The molecular formula is C27H34FNO4. The Morgan fingerprint density at radius 1 is 1.12 bits per heavy atom. The van der Waals surface area contributed by atoms with Crippen LogP contribution in [0.5, 0.6) is 0 Å². The van der Waals surface area contributed by atoms with Crippen molar-refractivity contribution in [1.82, 2.24) is 0 Å². The van der Waals surface area contributed by atoms with Crippen LogP contribution in [0.1, 0.15) is 60.8 Å². The van der Waals surface area contributed by atoms with E-state index < -0.39 is 11.5 Å². The van der Waals surface area contributed by atoms with Crippen LogP contribution in [0.3, 0.4) is 0 Å². The highest BCUT2D eigenvalue weighted by Gasteiger charge is 2.40. The minimum Gasteiger partial charge on any atom is -0.480 e. The van der Waals surface area contributed by atoms with Gasteiger partial charge in [0.1, 0.15) is 11.4 Å². The molecule has 1 heterocycles. The largest absolute Gasteiger partial charge is 0.480 e. The number of carboxylic acids is 1. The molecule has 0 radical (unpaired) electrons. The zero-order valence-corrected chi connectivity index (χ0v) is 19.8. The first-order valence-corrected chi connectivity index (χ1v) is 11.9. The van der Waals surface area contributed by atoms with Crippen LogP contribution in [-0.4, -0.2) is 35.9 Å². The first-order valence-electron chi connectivity index (χ1n) is 11.9. The molecule has 1 saturated carbocycles. The van der Waals surface area contributed by atoms with Gasteiger partial charge in [-0.25, -0.2) is 9.18 Å². The lowest BCUT2D eigenvalue weighted by Crippen LogP contribution is -2.50. The van der Waals surface area contributed by atoms with Gasteiger partial charge in [-0.1, -0.05) is 18.9 Å². The van der Waals surface area contributed by atoms with E-state index in [-0.39, 0.29) is 11.9 Å². The fourth-order valence-electron chi connectivity index (χ4n) is 4.95. The van der Waals surface area contributed by atoms with Crippen molar-refractivity contribution in [1.29, 1.82) is 0 Å². The van der Waals surface area contributed by atoms with Crippen LogP contribution in [0.4, 0.5) is 10.1 Å². The molecule has 0 spiro atoms. The van der Waals surface area contributed by atoms with Gasteiger partial charge in [0.05, 0.1) is 12.7 Å². The van der Waals surface area contributed by atoms with Crippen molar-refractivity contribution < 1.29 is 23.8 Å². The third-order valence-electron chi connectivity index (χ3n) is 7.39. The summed E-state index contributed by atoms with van der Waals surface area (Å²) in [5, 5.41) is 13.2. The Hall–Kier alpha value is -2.44. The topological polar surface area (TPSA) is 67.8 Å². The maximum Gasteiger partial charge on any atom is 0.329 e. The number of carboxylic acid groups (broad SMARTS) is 1. The third-order valence-corrected chi connectivity index (χ3v) is 7.39. The molecule has 0 atom stereocenters. The molecule has 2 fully saturated rings.